The van der Waals surface area contributed by atoms with Crippen molar-refractivity contribution in [3.8, 4) is 0 Å². The average molecular weight is 312 g/mol. The highest BCUT2D eigenvalue weighted by atomic mass is 19.1. The van der Waals surface area contributed by atoms with E-state index in [1.807, 2.05) is 30.3 Å². The molecule has 1 N–H and O–H groups in total. The van der Waals surface area contributed by atoms with Crippen molar-refractivity contribution in [2.75, 3.05) is 11.4 Å². The smallest absolute Gasteiger partial charge is 0.227 e. The van der Waals surface area contributed by atoms with Gasteiger partial charge in [0, 0.05) is 25.2 Å². The average Bonchev–Trinajstić information content (AvgIpc) is 2.97. The predicted molar refractivity (Wildman–Crippen MR) is 85.1 cm³/mol. The molecule has 1 unspecified atom stereocenters. The molecule has 1 fully saturated rings. The topological polar surface area (TPSA) is 49.4 Å². The van der Waals surface area contributed by atoms with Gasteiger partial charge in [0.15, 0.2) is 0 Å². The van der Waals surface area contributed by atoms with Crippen molar-refractivity contribution in [2.45, 2.75) is 13.0 Å². The first-order valence-corrected chi connectivity index (χ1v) is 7.51. The first kappa shape index (κ1) is 15.2. The number of hydrogen-bond acceptors (Lipinski definition) is 2. The fourth-order valence-corrected chi connectivity index (χ4v) is 2.68. The lowest BCUT2D eigenvalue weighted by Crippen LogP contribution is -2.32. The molecule has 5 heteroatoms. The zero-order valence-electron chi connectivity index (χ0n) is 12.5. The molecular weight excluding hydrogens is 295 g/mol. The number of rotatable bonds is 4. The minimum atomic E-state index is -0.358. The van der Waals surface area contributed by atoms with Crippen LogP contribution in [0.4, 0.5) is 10.1 Å². The predicted octanol–water partition coefficient (Wildman–Crippen LogP) is 2.50. The molecule has 3 rings (SSSR count). The van der Waals surface area contributed by atoms with E-state index in [9.17, 15) is 14.0 Å². The van der Waals surface area contributed by atoms with Crippen LogP contribution in [0.5, 0.6) is 0 Å². The zero-order valence-corrected chi connectivity index (χ0v) is 12.5. The van der Waals surface area contributed by atoms with E-state index in [-0.39, 0.29) is 30.0 Å². The Morgan fingerprint density at radius 2 is 1.83 bits per heavy atom. The van der Waals surface area contributed by atoms with Crippen molar-refractivity contribution in [1.82, 2.24) is 5.32 Å². The Bertz CT molecular complexity index is 701. The number of nitrogens with one attached hydrogen (secondary N) is 1. The quantitative estimate of drug-likeness (QED) is 0.943. The van der Waals surface area contributed by atoms with Crippen molar-refractivity contribution < 1.29 is 14.0 Å². The second-order valence-electron chi connectivity index (χ2n) is 5.59. The number of carbonyl (C=O) groups is 2. The lowest BCUT2D eigenvalue weighted by Gasteiger charge is -2.16. The minimum Gasteiger partial charge on any atom is -0.352 e. The molecule has 1 aliphatic heterocycles. The van der Waals surface area contributed by atoms with E-state index in [0.29, 0.717) is 13.1 Å². The summed E-state index contributed by atoms with van der Waals surface area (Å²) in [6.45, 7) is 0.716. The number of halogens is 1. The number of hydrogen-bond donors (Lipinski definition) is 1. The van der Waals surface area contributed by atoms with Gasteiger partial charge in [-0.1, -0.05) is 30.3 Å². The van der Waals surface area contributed by atoms with Crippen LogP contribution in [0.2, 0.25) is 0 Å². The molecule has 1 saturated heterocycles. The summed E-state index contributed by atoms with van der Waals surface area (Å²) in [4.78, 5) is 26.0. The van der Waals surface area contributed by atoms with E-state index in [0.717, 1.165) is 11.3 Å². The SMILES string of the molecule is O=C(NCc1ccc(F)cc1)C1CC(=O)N(c2ccccc2)C1. The maximum absolute atomic E-state index is 12.8. The van der Waals surface area contributed by atoms with Crippen LogP contribution >= 0.6 is 0 Å². The van der Waals surface area contributed by atoms with Crippen LogP contribution in [0.3, 0.4) is 0 Å². The summed E-state index contributed by atoms with van der Waals surface area (Å²) in [7, 11) is 0. The first-order chi connectivity index (χ1) is 11.1. The van der Waals surface area contributed by atoms with E-state index in [4.69, 9.17) is 0 Å². The fraction of sp³-hybridized carbons (Fsp3) is 0.222. The molecule has 0 aromatic heterocycles. The summed E-state index contributed by atoms with van der Waals surface area (Å²) >= 11 is 0. The summed E-state index contributed by atoms with van der Waals surface area (Å²) in [6, 6.07) is 15.3. The molecule has 0 aliphatic carbocycles. The van der Waals surface area contributed by atoms with Crippen LogP contribution in [0.15, 0.2) is 54.6 Å². The molecule has 1 heterocycles. The second kappa shape index (κ2) is 6.60. The van der Waals surface area contributed by atoms with Crippen molar-refractivity contribution in [3.63, 3.8) is 0 Å². The first-order valence-electron chi connectivity index (χ1n) is 7.51. The van der Waals surface area contributed by atoms with Gasteiger partial charge < -0.3 is 10.2 Å². The highest BCUT2D eigenvalue weighted by molar-refractivity contribution is 6.00. The van der Waals surface area contributed by atoms with E-state index < -0.39 is 0 Å². The van der Waals surface area contributed by atoms with Gasteiger partial charge >= 0.3 is 0 Å². The minimum absolute atomic E-state index is 0.0434. The molecule has 0 saturated carbocycles. The van der Waals surface area contributed by atoms with Crippen molar-refractivity contribution in [3.05, 3.63) is 66.0 Å². The Kier molecular flexibility index (Phi) is 4.37. The summed E-state index contributed by atoms with van der Waals surface area (Å²) in [5.74, 6) is -0.859. The summed E-state index contributed by atoms with van der Waals surface area (Å²) in [6.07, 6.45) is 0.212. The Labute approximate surface area is 133 Å². The lowest BCUT2D eigenvalue weighted by atomic mass is 10.1. The molecule has 0 radical (unpaired) electrons. The maximum atomic E-state index is 12.8. The van der Waals surface area contributed by atoms with Crippen molar-refractivity contribution in [2.24, 2.45) is 5.92 Å². The van der Waals surface area contributed by atoms with Gasteiger partial charge in [0.25, 0.3) is 0 Å². The molecule has 118 valence electrons. The molecule has 4 nitrogen and oxygen atoms in total. The molecule has 2 amide bonds. The largest absolute Gasteiger partial charge is 0.352 e. The normalized spacial score (nSPS) is 17.3. The molecule has 23 heavy (non-hydrogen) atoms. The van der Waals surface area contributed by atoms with Gasteiger partial charge in [0.05, 0.1) is 5.92 Å². The van der Waals surface area contributed by atoms with Crippen LogP contribution in [0.1, 0.15) is 12.0 Å². The van der Waals surface area contributed by atoms with Crippen LogP contribution < -0.4 is 10.2 Å². The number of para-hydroxylation sites is 1. The number of anilines is 1. The third-order valence-corrected chi connectivity index (χ3v) is 3.94. The molecular formula is C18H17FN2O2. The number of carbonyl (C=O) groups excluding carboxylic acids is 2. The molecule has 2 aromatic carbocycles. The van der Waals surface area contributed by atoms with E-state index in [1.165, 1.54) is 12.1 Å². The number of benzene rings is 2. The second-order valence-corrected chi connectivity index (χ2v) is 5.59. The van der Waals surface area contributed by atoms with Gasteiger partial charge in [0.1, 0.15) is 5.82 Å². The Hall–Kier alpha value is -2.69. The lowest BCUT2D eigenvalue weighted by molar-refractivity contribution is -0.126. The summed E-state index contributed by atoms with van der Waals surface area (Å²) < 4.78 is 12.8. The van der Waals surface area contributed by atoms with Gasteiger partial charge in [-0.05, 0) is 29.8 Å². The van der Waals surface area contributed by atoms with Crippen molar-refractivity contribution >= 4 is 17.5 Å². The van der Waals surface area contributed by atoms with Crippen LogP contribution in [0, 0.1) is 11.7 Å². The molecule has 2 aromatic rings. The highest BCUT2D eigenvalue weighted by Crippen LogP contribution is 2.24. The maximum Gasteiger partial charge on any atom is 0.227 e. The van der Waals surface area contributed by atoms with Gasteiger partial charge in [-0.3, -0.25) is 9.59 Å². The fourth-order valence-electron chi connectivity index (χ4n) is 2.68. The molecule has 1 aliphatic rings. The van der Waals surface area contributed by atoms with Crippen LogP contribution in [-0.2, 0) is 16.1 Å². The summed E-state index contributed by atoms with van der Waals surface area (Å²) in [5, 5.41) is 2.81. The molecule has 1 atom stereocenters. The Morgan fingerprint density at radius 3 is 2.52 bits per heavy atom. The molecule has 0 bridgehead atoms. The van der Waals surface area contributed by atoms with Gasteiger partial charge in [-0.25, -0.2) is 4.39 Å². The number of amides is 2. The van der Waals surface area contributed by atoms with E-state index in [1.54, 1.807) is 17.0 Å². The van der Waals surface area contributed by atoms with Crippen molar-refractivity contribution in [1.29, 1.82) is 0 Å². The van der Waals surface area contributed by atoms with Gasteiger partial charge in [-0.2, -0.15) is 0 Å². The van der Waals surface area contributed by atoms with E-state index >= 15 is 0 Å². The highest BCUT2D eigenvalue weighted by Gasteiger charge is 2.34. The number of nitrogens with zero attached hydrogens (tertiary/aromatic N) is 1. The Balaban J connectivity index is 1.58. The van der Waals surface area contributed by atoms with Crippen LogP contribution in [-0.4, -0.2) is 18.4 Å². The van der Waals surface area contributed by atoms with Gasteiger partial charge in [-0.15, -0.1) is 0 Å². The third kappa shape index (κ3) is 3.56. The summed E-state index contributed by atoms with van der Waals surface area (Å²) in [5.41, 5.74) is 1.63. The van der Waals surface area contributed by atoms with Gasteiger partial charge in [0.2, 0.25) is 11.8 Å². The Morgan fingerprint density at radius 1 is 1.13 bits per heavy atom. The van der Waals surface area contributed by atoms with E-state index in [2.05, 4.69) is 5.32 Å². The third-order valence-electron chi connectivity index (χ3n) is 3.94. The zero-order chi connectivity index (χ0) is 16.2. The molecule has 0 spiro atoms. The monoisotopic (exact) mass is 312 g/mol. The van der Waals surface area contributed by atoms with Crippen LogP contribution in [0.25, 0.3) is 0 Å². The standard InChI is InChI=1S/C18H17FN2O2/c19-15-8-6-13(7-9-15)11-20-18(23)14-10-17(22)21(12-14)16-4-2-1-3-5-16/h1-9,14H,10-12H2,(H,20,23).